The lowest BCUT2D eigenvalue weighted by molar-refractivity contribution is 0.0951. The van der Waals surface area contributed by atoms with Crippen LogP contribution >= 0.6 is 0 Å². The van der Waals surface area contributed by atoms with Crippen LogP contribution in [0.25, 0.3) is 11.0 Å². The minimum Gasteiger partial charge on any atom is -0.378 e. The highest BCUT2D eigenvalue weighted by molar-refractivity contribution is 5.96. The molecule has 25 heavy (non-hydrogen) atoms. The first kappa shape index (κ1) is 17.4. The van der Waals surface area contributed by atoms with Gasteiger partial charge >= 0.3 is 0 Å². The predicted octanol–water partition coefficient (Wildman–Crippen LogP) is 1.68. The van der Waals surface area contributed by atoms with Gasteiger partial charge in [-0.25, -0.2) is 4.98 Å². The van der Waals surface area contributed by atoms with Crippen molar-refractivity contribution in [3.63, 3.8) is 0 Å². The SMILES string of the molecule is CCCCCNC(=O)c1c[nH]c2ccc(N3CCOCC3)nc2c1=O. The van der Waals surface area contributed by atoms with E-state index < -0.39 is 0 Å². The number of anilines is 1. The molecule has 0 atom stereocenters. The van der Waals surface area contributed by atoms with E-state index in [9.17, 15) is 9.59 Å². The van der Waals surface area contributed by atoms with Gasteiger partial charge in [0.25, 0.3) is 5.91 Å². The minimum atomic E-state index is -0.349. The number of carbonyl (C=O) groups is 1. The molecule has 7 nitrogen and oxygen atoms in total. The van der Waals surface area contributed by atoms with Gasteiger partial charge in [0.05, 0.1) is 18.7 Å². The summed E-state index contributed by atoms with van der Waals surface area (Å²) in [6, 6.07) is 3.71. The molecule has 2 aromatic heterocycles. The molecule has 1 aliphatic heterocycles. The topological polar surface area (TPSA) is 87.3 Å². The number of morpholine rings is 1. The standard InChI is InChI=1S/C18H24N4O3/c1-2-3-4-7-19-18(24)13-12-20-14-5-6-15(21-16(14)17(13)23)22-8-10-25-11-9-22/h5-6,12H,2-4,7-11H2,1H3,(H,19,24)(H,20,23). The lowest BCUT2D eigenvalue weighted by Crippen LogP contribution is -2.37. The summed E-state index contributed by atoms with van der Waals surface area (Å²) in [6.45, 7) is 5.47. The maximum atomic E-state index is 12.7. The second-order valence-corrected chi connectivity index (χ2v) is 6.16. The molecule has 2 N–H and O–H groups in total. The van der Waals surface area contributed by atoms with Gasteiger partial charge < -0.3 is 19.9 Å². The summed E-state index contributed by atoms with van der Waals surface area (Å²) in [4.78, 5) is 34.6. The van der Waals surface area contributed by atoms with Crippen LogP contribution < -0.4 is 15.6 Å². The lowest BCUT2D eigenvalue weighted by Gasteiger charge is -2.27. The second-order valence-electron chi connectivity index (χ2n) is 6.16. The number of carbonyl (C=O) groups excluding carboxylic acids is 1. The first-order valence-electron chi connectivity index (χ1n) is 8.84. The highest BCUT2D eigenvalue weighted by Gasteiger charge is 2.16. The summed E-state index contributed by atoms with van der Waals surface area (Å²) in [5, 5.41) is 2.80. The molecule has 0 unspecified atom stereocenters. The molecule has 2 aromatic rings. The first-order valence-corrected chi connectivity index (χ1v) is 8.84. The number of hydrogen-bond donors (Lipinski definition) is 2. The summed E-state index contributed by atoms with van der Waals surface area (Å²) in [6.07, 6.45) is 4.52. The number of amides is 1. The number of hydrogen-bond acceptors (Lipinski definition) is 5. The molecular weight excluding hydrogens is 320 g/mol. The Morgan fingerprint density at radius 1 is 1.32 bits per heavy atom. The molecule has 3 heterocycles. The second kappa shape index (κ2) is 8.11. The number of nitrogens with zero attached hydrogens (tertiary/aromatic N) is 2. The quantitative estimate of drug-likeness (QED) is 0.779. The molecule has 1 saturated heterocycles. The summed E-state index contributed by atoms with van der Waals surface area (Å²) in [5.74, 6) is 0.389. The third kappa shape index (κ3) is 3.99. The van der Waals surface area contributed by atoms with Crippen molar-refractivity contribution in [3.05, 3.63) is 34.1 Å². The number of unbranched alkanes of at least 4 members (excludes halogenated alkanes) is 2. The van der Waals surface area contributed by atoms with Crippen molar-refractivity contribution in [2.24, 2.45) is 0 Å². The molecule has 0 bridgehead atoms. The summed E-state index contributed by atoms with van der Waals surface area (Å²) in [7, 11) is 0. The van der Waals surface area contributed by atoms with Crippen LogP contribution in [0.4, 0.5) is 5.82 Å². The molecule has 0 aliphatic carbocycles. The largest absolute Gasteiger partial charge is 0.378 e. The van der Waals surface area contributed by atoms with Gasteiger partial charge in [-0.2, -0.15) is 0 Å². The Morgan fingerprint density at radius 2 is 2.12 bits per heavy atom. The van der Waals surface area contributed by atoms with Crippen LogP contribution in [0.1, 0.15) is 36.5 Å². The van der Waals surface area contributed by atoms with Crippen molar-refractivity contribution in [2.75, 3.05) is 37.7 Å². The van der Waals surface area contributed by atoms with Crippen LogP contribution in [-0.2, 0) is 4.74 Å². The van der Waals surface area contributed by atoms with Gasteiger partial charge in [0.15, 0.2) is 0 Å². The van der Waals surface area contributed by atoms with Crippen LogP contribution in [0.5, 0.6) is 0 Å². The Labute approximate surface area is 146 Å². The van der Waals surface area contributed by atoms with E-state index in [4.69, 9.17) is 4.74 Å². The van der Waals surface area contributed by atoms with Gasteiger partial charge in [0.1, 0.15) is 16.9 Å². The Bertz CT molecular complexity index is 796. The van der Waals surface area contributed by atoms with Gasteiger partial charge in [0.2, 0.25) is 5.43 Å². The van der Waals surface area contributed by atoms with Gasteiger partial charge in [0, 0.05) is 25.8 Å². The molecule has 7 heteroatoms. The third-order valence-corrected chi connectivity index (χ3v) is 4.36. The van der Waals surface area contributed by atoms with E-state index in [0.29, 0.717) is 30.8 Å². The Kier molecular flexibility index (Phi) is 5.65. The van der Waals surface area contributed by atoms with E-state index in [-0.39, 0.29) is 16.9 Å². The average Bonchev–Trinajstić information content (AvgIpc) is 2.66. The number of fused-ring (bicyclic) bond motifs is 1. The Morgan fingerprint density at radius 3 is 2.88 bits per heavy atom. The van der Waals surface area contributed by atoms with Gasteiger partial charge in [-0.3, -0.25) is 9.59 Å². The number of rotatable bonds is 6. The number of ether oxygens (including phenoxy) is 1. The monoisotopic (exact) mass is 344 g/mol. The lowest BCUT2D eigenvalue weighted by atomic mass is 10.2. The van der Waals surface area contributed by atoms with Crippen LogP contribution in [0.2, 0.25) is 0 Å². The number of aromatic nitrogens is 2. The van der Waals surface area contributed by atoms with Crippen LogP contribution in [0.15, 0.2) is 23.1 Å². The minimum absolute atomic E-state index is 0.107. The van der Waals surface area contributed by atoms with Crippen molar-refractivity contribution < 1.29 is 9.53 Å². The summed E-state index contributed by atoms with van der Waals surface area (Å²) in [5.41, 5.74) is 0.696. The number of H-pyrrole nitrogens is 1. The first-order chi connectivity index (χ1) is 12.2. The molecule has 0 radical (unpaired) electrons. The highest BCUT2D eigenvalue weighted by Crippen LogP contribution is 2.16. The van der Waals surface area contributed by atoms with Crippen LogP contribution in [0, 0.1) is 0 Å². The van der Waals surface area contributed by atoms with E-state index >= 15 is 0 Å². The predicted molar refractivity (Wildman–Crippen MR) is 97.3 cm³/mol. The van der Waals surface area contributed by atoms with E-state index in [1.54, 1.807) is 0 Å². The number of aromatic amines is 1. The van der Waals surface area contributed by atoms with E-state index in [1.807, 2.05) is 12.1 Å². The normalized spacial score (nSPS) is 14.7. The third-order valence-electron chi connectivity index (χ3n) is 4.36. The van der Waals surface area contributed by atoms with E-state index in [0.717, 1.165) is 38.2 Å². The highest BCUT2D eigenvalue weighted by atomic mass is 16.5. The number of nitrogens with one attached hydrogen (secondary N) is 2. The fourth-order valence-corrected chi connectivity index (χ4v) is 2.89. The zero-order valence-electron chi connectivity index (χ0n) is 14.5. The Hall–Kier alpha value is -2.41. The zero-order chi connectivity index (χ0) is 17.6. The maximum Gasteiger partial charge on any atom is 0.256 e. The maximum absolute atomic E-state index is 12.7. The molecule has 0 aromatic carbocycles. The molecule has 1 amide bonds. The molecule has 134 valence electrons. The number of pyridine rings is 2. The van der Waals surface area contributed by atoms with Crippen molar-refractivity contribution in [3.8, 4) is 0 Å². The van der Waals surface area contributed by atoms with Gasteiger partial charge in [-0.15, -0.1) is 0 Å². The van der Waals surface area contributed by atoms with Crippen LogP contribution in [0.3, 0.4) is 0 Å². The average molecular weight is 344 g/mol. The van der Waals surface area contributed by atoms with Crippen molar-refractivity contribution in [2.45, 2.75) is 26.2 Å². The molecular formula is C18H24N4O3. The van der Waals surface area contributed by atoms with Crippen molar-refractivity contribution in [1.82, 2.24) is 15.3 Å². The fourth-order valence-electron chi connectivity index (χ4n) is 2.89. The van der Waals surface area contributed by atoms with Crippen LogP contribution in [-0.4, -0.2) is 48.7 Å². The summed E-state index contributed by atoms with van der Waals surface area (Å²) < 4.78 is 5.35. The fraction of sp³-hybridized carbons (Fsp3) is 0.500. The van der Waals surface area contributed by atoms with Crippen molar-refractivity contribution in [1.29, 1.82) is 0 Å². The molecule has 1 fully saturated rings. The van der Waals surface area contributed by atoms with Gasteiger partial charge in [-0.1, -0.05) is 19.8 Å². The molecule has 0 spiro atoms. The Balaban J connectivity index is 1.84. The molecule has 0 saturated carbocycles. The van der Waals surface area contributed by atoms with E-state index in [2.05, 4.69) is 27.1 Å². The van der Waals surface area contributed by atoms with E-state index in [1.165, 1.54) is 6.20 Å². The molecule has 1 aliphatic rings. The summed E-state index contributed by atoms with van der Waals surface area (Å²) >= 11 is 0. The smallest absolute Gasteiger partial charge is 0.256 e. The molecule has 3 rings (SSSR count). The van der Waals surface area contributed by atoms with Crippen molar-refractivity contribution >= 4 is 22.8 Å². The van der Waals surface area contributed by atoms with Gasteiger partial charge in [-0.05, 0) is 18.6 Å². The zero-order valence-corrected chi connectivity index (χ0v) is 14.5.